The second-order valence-corrected chi connectivity index (χ2v) is 4.85. The van der Waals surface area contributed by atoms with Crippen LogP contribution in [0.2, 0.25) is 0 Å². The molecule has 0 fully saturated rings. The number of furan rings is 1. The number of ketones is 1. The van der Waals surface area contributed by atoms with E-state index < -0.39 is 0 Å². The van der Waals surface area contributed by atoms with Crippen molar-refractivity contribution in [2.75, 3.05) is 7.11 Å². The summed E-state index contributed by atoms with van der Waals surface area (Å²) in [5.74, 6) is 0.989. The van der Waals surface area contributed by atoms with Crippen molar-refractivity contribution in [3.63, 3.8) is 0 Å². The van der Waals surface area contributed by atoms with Crippen LogP contribution in [0.25, 0.3) is 0 Å². The number of carbonyl (C=O) groups is 1. The minimum Gasteiger partial charge on any atom is -0.496 e. The van der Waals surface area contributed by atoms with Crippen LogP contribution in [0.1, 0.15) is 27.2 Å². The van der Waals surface area contributed by atoms with Crippen molar-refractivity contribution in [2.45, 2.75) is 13.8 Å². The van der Waals surface area contributed by atoms with Crippen molar-refractivity contribution >= 4 is 21.7 Å². The highest BCUT2D eigenvalue weighted by molar-refractivity contribution is 9.10. The molecule has 0 bridgehead atoms. The number of aryl methyl sites for hydroxylation is 2. The van der Waals surface area contributed by atoms with Crippen molar-refractivity contribution in [1.82, 2.24) is 0 Å². The van der Waals surface area contributed by atoms with Crippen LogP contribution >= 0.6 is 15.9 Å². The lowest BCUT2D eigenvalue weighted by Crippen LogP contribution is -2.04. The lowest BCUT2D eigenvalue weighted by Gasteiger charge is -2.09. The van der Waals surface area contributed by atoms with Gasteiger partial charge in [0.05, 0.1) is 7.11 Å². The van der Waals surface area contributed by atoms with E-state index >= 15 is 0 Å². The molecule has 3 nitrogen and oxygen atoms in total. The lowest BCUT2D eigenvalue weighted by molar-refractivity contribution is 0.101. The number of halogens is 1. The first kappa shape index (κ1) is 12.9. The van der Waals surface area contributed by atoms with E-state index in [9.17, 15) is 4.79 Å². The predicted molar refractivity (Wildman–Crippen MR) is 72.3 cm³/mol. The highest BCUT2D eigenvalue weighted by Crippen LogP contribution is 2.25. The third-order valence-electron chi connectivity index (χ3n) is 2.78. The molecule has 0 radical (unpaired) electrons. The number of hydrogen-bond acceptors (Lipinski definition) is 3. The molecule has 1 heterocycles. The molecule has 0 aliphatic carbocycles. The van der Waals surface area contributed by atoms with Gasteiger partial charge in [0.1, 0.15) is 5.75 Å². The zero-order valence-corrected chi connectivity index (χ0v) is 12.0. The Kier molecular flexibility index (Phi) is 3.57. The van der Waals surface area contributed by atoms with Gasteiger partial charge in [-0.1, -0.05) is 0 Å². The number of benzene rings is 1. The average Bonchev–Trinajstić information content (AvgIpc) is 2.77. The fraction of sp³-hybridized carbons (Fsp3) is 0.214. The third kappa shape index (κ3) is 2.34. The molecule has 0 spiro atoms. The fourth-order valence-corrected chi connectivity index (χ4v) is 2.13. The van der Waals surface area contributed by atoms with E-state index in [0.717, 1.165) is 16.9 Å². The number of hydrogen-bond donors (Lipinski definition) is 0. The molecule has 0 saturated carbocycles. The Balaban J connectivity index is 2.45. The first-order chi connectivity index (χ1) is 8.52. The van der Waals surface area contributed by atoms with Crippen molar-refractivity contribution in [3.05, 3.63) is 51.4 Å². The summed E-state index contributed by atoms with van der Waals surface area (Å²) in [5, 5.41) is 0. The van der Waals surface area contributed by atoms with Crippen LogP contribution in [0.15, 0.2) is 33.4 Å². The Morgan fingerprint density at radius 3 is 2.50 bits per heavy atom. The number of methoxy groups -OCH3 is 1. The Morgan fingerprint density at radius 2 is 1.94 bits per heavy atom. The summed E-state index contributed by atoms with van der Waals surface area (Å²) in [7, 11) is 1.62. The Bertz CT molecular complexity index is 599. The van der Waals surface area contributed by atoms with Gasteiger partial charge in [-0.3, -0.25) is 4.79 Å². The van der Waals surface area contributed by atoms with Gasteiger partial charge >= 0.3 is 0 Å². The topological polar surface area (TPSA) is 39.4 Å². The molecular formula is C14H13BrO3. The molecular weight excluding hydrogens is 296 g/mol. The summed E-state index contributed by atoms with van der Waals surface area (Å²) in [6.07, 6.45) is 0. The molecule has 0 amide bonds. The quantitative estimate of drug-likeness (QED) is 0.807. The summed E-state index contributed by atoms with van der Waals surface area (Å²) in [6.45, 7) is 3.79. The van der Waals surface area contributed by atoms with Gasteiger partial charge in [-0.15, -0.1) is 0 Å². The summed E-state index contributed by atoms with van der Waals surface area (Å²) < 4.78 is 11.1. The van der Waals surface area contributed by atoms with Gasteiger partial charge in [0.25, 0.3) is 0 Å². The van der Waals surface area contributed by atoms with E-state index in [2.05, 4.69) is 15.9 Å². The van der Waals surface area contributed by atoms with Crippen LogP contribution in [-0.4, -0.2) is 12.9 Å². The van der Waals surface area contributed by atoms with E-state index in [1.54, 1.807) is 19.2 Å². The largest absolute Gasteiger partial charge is 0.496 e. The summed E-state index contributed by atoms with van der Waals surface area (Å²) in [4.78, 5) is 12.3. The van der Waals surface area contributed by atoms with Gasteiger partial charge < -0.3 is 9.15 Å². The molecule has 2 rings (SSSR count). The van der Waals surface area contributed by atoms with Crippen molar-refractivity contribution < 1.29 is 13.9 Å². The minimum atomic E-state index is -0.121. The molecule has 4 heteroatoms. The smallest absolute Gasteiger partial charge is 0.228 e. The van der Waals surface area contributed by atoms with Crippen LogP contribution in [-0.2, 0) is 0 Å². The summed E-state index contributed by atoms with van der Waals surface area (Å²) in [6, 6.07) is 7.05. The lowest BCUT2D eigenvalue weighted by atomic mass is 10.00. The highest BCUT2D eigenvalue weighted by atomic mass is 79.9. The van der Waals surface area contributed by atoms with Gasteiger partial charge in [0, 0.05) is 5.56 Å². The van der Waals surface area contributed by atoms with Gasteiger partial charge in [0.15, 0.2) is 10.4 Å². The predicted octanol–water partition coefficient (Wildman–Crippen LogP) is 3.90. The molecule has 0 aliphatic heterocycles. The van der Waals surface area contributed by atoms with E-state index in [1.165, 1.54) is 0 Å². The van der Waals surface area contributed by atoms with Gasteiger partial charge in [-0.2, -0.15) is 0 Å². The van der Waals surface area contributed by atoms with Crippen LogP contribution in [0.3, 0.4) is 0 Å². The SMILES string of the molecule is COc1cc(C)c(C(=O)c2ccc(Br)o2)cc1C. The van der Waals surface area contributed by atoms with Crippen LogP contribution < -0.4 is 4.74 Å². The maximum absolute atomic E-state index is 12.3. The Hall–Kier alpha value is -1.55. The molecule has 0 unspecified atom stereocenters. The minimum absolute atomic E-state index is 0.121. The third-order valence-corrected chi connectivity index (χ3v) is 3.21. The standard InChI is InChI=1S/C14H13BrO3/c1-8-7-12(17-3)9(2)6-10(8)14(16)11-4-5-13(15)18-11/h4-7H,1-3H3. The molecule has 1 aromatic carbocycles. The van der Waals surface area contributed by atoms with Gasteiger partial charge in [0.2, 0.25) is 5.78 Å². The molecule has 18 heavy (non-hydrogen) atoms. The van der Waals surface area contributed by atoms with Crippen molar-refractivity contribution in [2.24, 2.45) is 0 Å². The number of ether oxygens (including phenoxy) is 1. The number of carbonyl (C=O) groups excluding carboxylic acids is 1. The van der Waals surface area contributed by atoms with Gasteiger partial charge in [-0.25, -0.2) is 0 Å². The summed E-state index contributed by atoms with van der Waals surface area (Å²) in [5.41, 5.74) is 2.43. The van der Waals surface area contributed by atoms with Crippen LogP contribution in [0.4, 0.5) is 0 Å². The average molecular weight is 309 g/mol. The molecule has 0 atom stereocenters. The zero-order valence-electron chi connectivity index (χ0n) is 10.4. The normalized spacial score (nSPS) is 10.4. The molecule has 0 N–H and O–H groups in total. The van der Waals surface area contributed by atoms with Crippen LogP contribution in [0.5, 0.6) is 5.75 Å². The van der Waals surface area contributed by atoms with Gasteiger partial charge in [-0.05, 0) is 65.2 Å². The zero-order chi connectivity index (χ0) is 13.3. The van der Waals surface area contributed by atoms with E-state index in [1.807, 2.05) is 26.0 Å². The van der Waals surface area contributed by atoms with Crippen molar-refractivity contribution in [1.29, 1.82) is 0 Å². The number of rotatable bonds is 3. The second-order valence-electron chi connectivity index (χ2n) is 4.07. The van der Waals surface area contributed by atoms with E-state index in [4.69, 9.17) is 9.15 Å². The van der Waals surface area contributed by atoms with Crippen molar-refractivity contribution in [3.8, 4) is 5.75 Å². The van der Waals surface area contributed by atoms with E-state index in [-0.39, 0.29) is 5.78 Å². The fourth-order valence-electron chi connectivity index (χ4n) is 1.82. The highest BCUT2D eigenvalue weighted by Gasteiger charge is 2.17. The van der Waals surface area contributed by atoms with Crippen LogP contribution in [0, 0.1) is 13.8 Å². The first-order valence-electron chi connectivity index (χ1n) is 5.48. The first-order valence-corrected chi connectivity index (χ1v) is 6.27. The molecule has 1 aromatic heterocycles. The van der Waals surface area contributed by atoms with E-state index in [0.29, 0.717) is 16.0 Å². The maximum atomic E-state index is 12.3. The Labute approximate surface area is 114 Å². The summed E-state index contributed by atoms with van der Waals surface area (Å²) >= 11 is 3.19. The molecule has 94 valence electrons. The Morgan fingerprint density at radius 1 is 1.22 bits per heavy atom. The molecule has 2 aromatic rings. The molecule has 0 saturated heterocycles. The second kappa shape index (κ2) is 4.98. The monoisotopic (exact) mass is 308 g/mol. The molecule has 0 aliphatic rings. The maximum Gasteiger partial charge on any atom is 0.228 e.